The third-order valence-electron chi connectivity index (χ3n) is 4.05. The van der Waals surface area contributed by atoms with Crippen LogP contribution in [0.5, 0.6) is 0 Å². The highest BCUT2D eigenvalue weighted by molar-refractivity contribution is 7.20. The van der Waals surface area contributed by atoms with Crippen molar-refractivity contribution in [2.24, 2.45) is 5.41 Å². The fourth-order valence-electron chi connectivity index (χ4n) is 2.53. The molecule has 0 saturated heterocycles. The minimum Gasteiger partial charge on any atom is -0.481 e. The Morgan fingerprint density at radius 2 is 2.10 bits per heavy atom. The first-order chi connectivity index (χ1) is 10.00. The number of rotatable bonds is 4. The Kier molecular flexibility index (Phi) is 3.41. The smallest absolute Gasteiger partial charge is 0.311 e. The molecule has 0 spiro atoms. The molecule has 2 aromatic rings. The van der Waals surface area contributed by atoms with Crippen LogP contribution in [0.1, 0.15) is 28.9 Å². The molecule has 3 rings (SSSR count). The number of carbonyl (C=O) groups excluding carboxylic acids is 1. The summed E-state index contributed by atoms with van der Waals surface area (Å²) in [5.74, 6) is -1.50. The van der Waals surface area contributed by atoms with Gasteiger partial charge in [-0.3, -0.25) is 9.59 Å². The second-order valence-electron chi connectivity index (χ2n) is 5.41. The number of carboxylic acid groups (broad SMARTS) is 1. The van der Waals surface area contributed by atoms with Crippen molar-refractivity contribution in [3.8, 4) is 0 Å². The standard InChI is InChI=1S/C15H14FNO3S/c16-10-2-3-11-9(6-10)7-12(21-11)13(18)17-8-15(14(19)20)4-1-5-15/h2-3,6-7H,1,4-5,8H2,(H,17,18)(H,19,20). The molecule has 0 atom stereocenters. The van der Waals surface area contributed by atoms with Gasteiger partial charge < -0.3 is 10.4 Å². The third kappa shape index (κ3) is 2.51. The van der Waals surface area contributed by atoms with Gasteiger partial charge >= 0.3 is 5.97 Å². The Hall–Kier alpha value is -1.95. The van der Waals surface area contributed by atoms with E-state index in [4.69, 9.17) is 0 Å². The van der Waals surface area contributed by atoms with Gasteiger partial charge in [-0.15, -0.1) is 11.3 Å². The van der Waals surface area contributed by atoms with Gasteiger partial charge in [-0.05, 0) is 42.5 Å². The van der Waals surface area contributed by atoms with Crippen LogP contribution in [0.3, 0.4) is 0 Å². The monoisotopic (exact) mass is 307 g/mol. The molecule has 0 radical (unpaired) electrons. The van der Waals surface area contributed by atoms with Crippen LogP contribution < -0.4 is 5.32 Å². The molecule has 1 heterocycles. The van der Waals surface area contributed by atoms with E-state index in [-0.39, 0.29) is 18.3 Å². The Balaban J connectivity index is 1.73. The lowest BCUT2D eigenvalue weighted by Crippen LogP contribution is -2.47. The maximum atomic E-state index is 13.1. The summed E-state index contributed by atoms with van der Waals surface area (Å²) in [5, 5.41) is 12.6. The number of fused-ring (bicyclic) bond motifs is 1. The number of hydrogen-bond donors (Lipinski definition) is 2. The highest BCUT2D eigenvalue weighted by atomic mass is 32.1. The van der Waals surface area contributed by atoms with E-state index in [0.717, 1.165) is 11.1 Å². The average molecular weight is 307 g/mol. The number of nitrogens with one attached hydrogen (secondary N) is 1. The minimum absolute atomic E-state index is 0.143. The number of aliphatic carboxylic acids is 1. The van der Waals surface area contributed by atoms with Gasteiger partial charge in [0.25, 0.3) is 5.91 Å². The fourth-order valence-corrected chi connectivity index (χ4v) is 3.49. The molecular formula is C15H14FNO3S. The van der Waals surface area contributed by atoms with Crippen molar-refractivity contribution in [3.05, 3.63) is 35.0 Å². The van der Waals surface area contributed by atoms with Crippen LogP contribution in [0.15, 0.2) is 24.3 Å². The van der Waals surface area contributed by atoms with E-state index in [1.165, 1.54) is 23.5 Å². The molecular weight excluding hydrogens is 293 g/mol. The van der Waals surface area contributed by atoms with Gasteiger partial charge in [0.15, 0.2) is 0 Å². The summed E-state index contributed by atoms with van der Waals surface area (Å²) in [4.78, 5) is 23.8. The number of benzene rings is 1. The van der Waals surface area contributed by atoms with E-state index in [1.54, 1.807) is 12.1 Å². The van der Waals surface area contributed by atoms with E-state index in [1.807, 2.05) is 0 Å². The van der Waals surface area contributed by atoms with Crippen LogP contribution in [0.25, 0.3) is 10.1 Å². The van der Waals surface area contributed by atoms with Crippen molar-refractivity contribution in [3.63, 3.8) is 0 Å². The zero-order chi connectivity index (χ0) is 15.0. The molecule has 21 heavy (non-hydrogen) atoms. The number of hydrogen-bond acceptors (Lipinski definition) is 3. The average Bonchev–Trinajstić information content (AvgIpc) is 2.79. The molecule has 1 saturated carbocycles. The minimum atomic E-state index is -0.854. The molecule has 1 aromatic heterocycles. The topological polar surface area (TPSA) is 66.4 Å². The molecule has 110 valence electrons. The van der Waals surface area contributed by atoms with E-state index in [0.29, 0.717) is 23.1 Å². The molecule has 2 N–H and O–H groups in total. The molecule has 0 aliphatic heterocycles. The summed E-state index contributed by atoms with van der Waals surface area (Å²) in [6, 6.07) is 6.00. The van der Waals surface area contributed by atoms with Gasteiger partial charge in [0.05, 0.1) is 10.3 Å². The molecule has 1 amide bonds. The summed E-state index contributed by atoms with van der Waals surface area (Å²) in [6.45, 7) is 0.143. The van der Waals surface area contributed by atoms with Crippen molar-refractivity contribution >= 4 is 33.3 Å². The first kappa shape index (κ1) is 14.0. The van der Waals surface area contributed by atoms with Gasteiger partial charge in [-0.1, -0.05) is 6.42 Å². The maximum Gasteiger partial charge on any atom is 0.311 e. The zero-order valence-electron chi connectivity index (χ0n) is 11.2. The third-order valence-corrected chi connectivity index (χ3v) is 5.17. The molecule has 1 aliphatic carbocycles. The van der Waals surface area contributed by atoms with E-state index < -0.39 is 11.4 Å². The zero-order valence-corrected chi connectivity index (χ0v) is 12.0. The number of halogens is 1. The molecule has 0 unspecified atom stereocenters. The molecule has 1 aliphatic rings. The van der Waals surface area contributed by atoms with Gasteiger partial charge in [0, 0.05) is 11.2 Å². The largest absolute Gasteiger partial charge is 0.481 e. The van der Waals surface area contributed by atoms with Crippen molar-refractivity contribution in [1.29, 1.82) is 0 Å². The molecule has 4 nitrogen and oxygen atoms in total. The first-order valence-corrected chi connectivity index (χ1v) is 7.53. The van der Waals surface area contributed by atoms with Crippen molar-refractivity contribution in [2.45, 2.75) is 19.3 Å². The fraction of sp³-hybridized carbons (Fsp3) is 0.333. The summed E-state index contributed by atoms with van der Waals surface area (Å²) < 4.78 is 14.0. The summed E-state index contributed by atoms with van der Waals surface area (Å²) in [7, 11) is 0. The van der Waals surface area contributed by atoms with Crippen LogP contribution in [-0.4, -0.2) is 23.5 Å². The first-order valence-electron chi connectivity index (χ1n) is 6.71. The lowest BCUT2D eigenvalue weighted by Gasteiger charge is -2.37. The van der Waals surface area contributed by atoms with E-state index in [2.05, 4.69) is 5.32 Å². The van der Waals surface area contributed by atoms with Crippen molar-refractivity contribution in [2.75, 3.05) is 6.54 Å². The van der Waals surface area contributed by atoms with Crippen molar-refractivity contribution < 1.29 is 19.1 Å². The Morgan fingerprint density at radius 3 is 2.71 bits per heavy atom. The number of thiophene rings is 1. The number of carboxylic acids is 1. The van der Waals surface area contributed by atoms with Crippen LogP contribution in [0, 0.1) is 11.2 Å². The SMILES string of the molecule is O=C(NCC1(C(=O)O)CCC1)c1cc2cc(F)ccc2s1. The van der Waals surface area contributed by atoms with E-state index in [9.17, 15) is 19.1 Å². The summed E-state index contributed by atoms with van der Waals surface area (Å²) in [5.41, 5.74) is -0.807. The Bertz CT molecular complexity index is 721. The second-order valence-corrected chi connectivity index (χ2v) is 6.50. The summed E-state index contributed by atoms with van der Waals surface area (Å²) in [6.07, 6.45) is 2.07. The number of amides is 1. The lowest BCUT2D eigenvalue weighted by molar-refractivity contribution is -0.153. The second kappa shape index (κ2) is 5.11. The van der Waals surface area contributed by atoms with Gasteiger partial charge in [0.2, 0.25) is 0 Å². The molecule has 1 fully saturated rings. The Labute approximate surface area is 124 Å². The van der Waals surface area contributed by atoms with Gasteiger partial charge in [0.1, 0.15) is 5.82 Å². The highest BCUT2D eigenvalue weighted by Crippen LogP contribution is 2.40. The van der Waals surface area contributed by atoms with Crippen molar-refractivity contribution in [1.82, 2.24) is 5.32 Å². The molecule has 1 aromatic carbocycles. The summed E-state index contributed by atoms with van der Waals surface area (Å²) >= 11 is 1.27. The quantitative estimate of drug-likeness (QED) is 0.912. The van der Waals surface area contributed by atoms with Crippen LogP contribution in [0.2, 0.25) is 0 Å². The lowest BCUT2D eigenvalue weighted by atomic mass is 9.69. The van der Waals surface area contributed by atoms with Gasteiger partial charge in [-0.2, -0.15) is 0 Å². The molecule has 0 bridgehead atoms. The van der Waals surface area contributed by atoms with E-state index >= 15 is 0 Å². The number of carbonyl (C=O) groups is 2. The maximum absolute atomic E-state index is 13.1. The van der Waals surface area contributed by atoms with Crippen LogP contribution >= 0.6 is 11.3 Å². The predicted molar refractivity (Wildman–Crippen MR) is 78.0 cm³/mol. The normalized spacial score (nSPS) is 16.4. The van der Waals surface area contributed by atoms with Crippen LogP contribution in [0.4, 0.5) is 4.39 Å². The Morgan fingerprint density at radius 1 is 1.33 bits per heavy atom. The van der Waals surface area contributed by atoms with Gasteiger partial charge in [-0.25, -0.2) is 4.39 Å². The van der Waals surface area contributed by atoms with Crippen LogP contribution in [-0.2, 0) is 4.79 Å². The molecule has 6 heteroatoms. The highest BCUT2D eigenvalue weighted by Gasteiger charge is 2.44. The predicted octanol–water partition coefficient (Wildman–Crippen LogP) is 3.03.